The maximum absolute atomic E-state index is 7.82. The zero-order chi connectivity index (χ0) is 34.6. The zero-order valence-corrected chi connectivity index (χ0v) is 28.5. The van der Waals surface area contributed by atoms with Gasteiger partial charge >= 0.3 is 0 Å². The molecule has 52 heavy (non-hydrogen) atoms. The third-order valence-electron chi connectivity index (χ3n) is 9.67. The maximum atomic E-state index is 7.82. The molecule has 0 unspecified atom stereocenters. The van der Waals surface area contributed by atoms with Gasteiger partial charge in [0, 0.05) is 53.2 Å². The van der Waals surface area contributed by atoms with Crippen LogP contribution in [0.5, 0.6) is 0 Å². The number of rotatable bonds is 5. The molecule has 0 amide bonds. The second-order valence-corrected chi connectivity index (χ2v) is 13.8. The van der Waals surface area contributed by atoms with Crippen LogP contribution in [0.2, 0.25) is 0 Å². The van der Waals surface area contributed by atoms with Gasteiger partial charge in [-0.15, -0.1) is 11.3 Å². The fourth-order valence-electron chi connectivity index (χ4n) is 7.21. The van der Waals surface area contributed by atoms with Crippen LogP contribution >= 0.6 is 11.3 Å². The van der Waals surface area contributed by atoms with Crippen LogP contribution in [0.25, 0.3) is 97.8 Å². The molecule has 0 N–H and O–H groups in total. The molecule has 5 nitrogen and oxygen atoms in total. The lowest BCUT2D eigenvalue weighted by molar-refractivity contribution is 1.06. The Morgan fingerprint density at radius 2 is 1.04 bits per heavy atom. The van der Waals surface area contributed by atoms with Crippen LogP contribution in [0.1, 0.15) is 0 Å². The van der Waals surface area contributed by atoms with Gasteiger partial charge in [-0.2, -0.15) is 0 Å². The molecule has 0 aliphatic rings. The van der Waals surface area contributed by atoms with Gasteiger partial charge in [0.1, 0.15) is 0 Å². The van der Waals surface area contributed by atoms with E-state index in [0.717, 1.165) is 55.3 Å². The van der Waals surface area contributed by atoms with E-state index in [4.69, 9.17) is 21.5 Å². The van der Waals surface area contributed by atoms with E-state index >= 15 is 0 Å². The fourth-order valence-corrected chi connectivity index (χ4v) is 8.30. The van der Waals surface area contributed by atoms with Crippen LogP contribution in [0, 0.1) is 6.57 Å². The smallest absolute Gasteiger partial charge is 0.189 e. The predicted molar refractivity (Wildman–Crippen MR) is 215 cm³/mol. The second kappa shape index (κ2) is 12.1. The first-order valence-corrected chi connectivity index (χ1v) is 17.9. The fraction of sp³-hybridized carbons (Fsp3) is 0. The Morgan fingerprint density at radius 1 is 0.442 bits per heavy atom. The summed E-state index contributed by atoms with van der Waals surface area (Å²) in [7, 11) is 0. The molecule has 0 aliphatic carbocycles. The van der Waals surface area contributed by atoms with Crippen LogP contribution in [0.15, 0.2) is 164 Å². The van der Waals surface area contributed by atoms with E-state index in [2.05, 4.69) is 100 Å². The first-order chi connectivity index (χ1) is 25.7. The van der Waals surface area contributed by atoms with E-state index in [9.17, 15) is 0 Å². The van der Waals surface area contributed by atoms with Gasteiger partial charge in [-0.1, -0.05) is 121 Å². The van der Waals surface area contributed by atoms with Crippen LogP contribution in [-0.2, 0) is 0 Å². The van der Waals surface area contributed by atoms with Crippen molar-refractivity contribution in [1.29, 1.82) is 0 Å². The first-order valence-electron chi connectivity index (χ1n) is 17.1. The molecular formula is C46H27N5S. The number of thiophene rings is 1. The van der Waals surface area contributed by atoms with Crippen molar-refractivity contribution in [1.82, 2.24) is 19.5 Å². The summed E-state index contributed by atoms with van der Waals surface area (Å²) in [5.41, 5.74) is 8.36. The van der Waals surface area contributed by atoms with E-state index < -0.39 is 0 Å². The molecular weight excluding hydrogens is 655 g/mol. The van der Waals surface area contributed by atoms with E-state index in [1.54, 1.807) is 0 Å². The van der Waals surface area contributed by atoms with Crippen LogP contribution < -0.4 is 0 Å². The molecule has 0 atom stereocenters. The Hall–Kier alpha value is -6.94. The molecule has 3 aromatic heterocycles. The molecule has 242 valence electrons. The number of para-hydroxylation sites is 1. The van der Waals surface area contributed by atoms with Crippen molar-refractivity contribution in [2.75, 3.05) is 0 Å². The minimum atomic E-state index is 0.568. The number of nitrogens with zero attached hydrogens (tertiary/aromatic N) is 5. The molecule has 6 heteroatoms. The topological polar surface area (TPSA) is 48.0 Å². The summed E-state index contributed by atoms with van der Waals surface area (Å²) < 4.78 is 4.80. The highest BCUT2D eigenvalue weighted by molar-refractivity contribution is 7.25. The third-order valence-corrected chi connectivity index (χ3v) is 10.8. The van der Waals surface area contributed by atoms with Crippen molar-refractivity contribution in [3.63, 3.8) is 0 Å². The summed E-state index contributed by atoms with van der Waals surface area (Å²) in [6, 6.07) is 56.4. The van der Waals surface area contributed by atoms with Gasteiger partial charge in [0.15, 0.2) is 23.2 Å². The van der Waals surface area contributed by atoms with Crippen molar-refractivity contribution >= 4 is 59.0 Å². The largest absolute Gasteiger partial charge is 0.310 e. The lowest BCUT2D eigenvalue weighted by Crippen LogP contribution is -2.04. The van der Waals surface area contributed by atoms with Gasteiger partial charge in [-0.25, -0.2) is 19.8 Å². The summed E-state index contributed by atoms with van der Waals surface area (Å²) in [5.74, 6) is 1.77. The van der Waals surface area contributed by atoms with Crippen LogP contribution in [-0.4, -0.2) is 19.5 Å². The number of benzene rings is 7. The van der Waals surface area contributed by atoms with Gasteiger partial charge in [-0.3, -0.25) is 0 Å². The van der Waals surface area contributed by atoms with E-state index in [0.29, 0.717) is 23.2 Å². The first kappa shape index (κ1) is 29.9. The second-order valence-electron chi connectivity index (χ2n) is 12.7. The minimum Gasteiger partial charge on any atom is -0.310 e. The maximum Gasteiger partial charge on any atom is 0.189 e. The predicted octanol–water partition coefficient (Wildman–Crippen LogP) is 12.6. The highest BCUT2D eigenvalue weighted by atomic mass is 32.1. The van der Waals surface area contributed by atoms with Crippen LogP contribution in [0.4, 0.5) is 5.69 Å². The van der Waals surface area contributed by atoms with Crippen molar-refractivity contribution in [2.45, 2.75) is 0 Å². The molecule has 0 fully saturated rings. The van der Waals surface area contributed by atoms with Gasteiger partial charge < -0.3 is 4.57 Å². The molecule has 10 rings (SSSR count). The summed E-state index contributed by atoms with van der Waals surface area (Å²) in [6.07, 6.45) is 0. The summed E-state index contributed by atoms with van der Waals surface area (Å²) >= 11 is 1.82. The van der Waals surface area contributed by atoms with Gasteiger partial charge in [0.25, 0.3) is 0 Å². The Morgan fingerprint density at radius 3 is 1.79 bits per heavy atom. The summed E-state index contributed by atoms with van der Waals surface area (Å²) in [5, 5.41) is 4.71. The summed E-state index contributed by atoms with van der Waals surface area (Å²) in [4.78, 5) is 19.2. The number of hydrogen-bond acceptors (Lipinski definition) is 4. The quantitative estimate of drug-likeness (QED) is 0.170. The molecule has 7 aromatic carbocycles. The number of aromatic nitrogens is 4. The summed E-state index contributed by atoms with van der Waals surface area (Å²) in [6.45, 7) is 7.82. The molecule has 0 radical (unpaired) electrons. The standard InChI is InChI=1S/C46H27N5S/c1-47-33-22-23-35-34-16-8-10-18-39(34)51(41(35)28-33)40-24-20-31(32-21-25-43-37(26-32)36-17-9-11-19-42(36)52-43)27-38(40)46-49-44(29-12-4-2-5-13-29)48-45(50-46)30-14-6-3-7-15-30/h2-28H. The Balaban J connectivity index is 1.28. The van der Waals surface area contributed by atoms with Crippen LogP contribution in [0.3, 0.4) is 0 Å². The average Bonchev–Trinajstić information content (AvgIpc) is 3.76. The van der Waals surface area contributed by atoms with Crippen molar-refractivity contribution in [3.05, 3.63) is 175 Å². The molecule has 0 saturated carbocycles. The number of hydrogen-bond donors (Lipinski definition) is 0. The van der Waals surface area contributed by atoms with Gasteiger partial charge in [0.05, 0.1) is 17.8 Å². The SMILES string of the molecule is [C-]#[N+]c1ccc2c3ccccc3n(-c3ccc(-c4ccc5sc6ccccc6c5c4)cc3-c3nc(-c4ccccc4)nc(-c4ccccc4)n3)c2c1. The van der Waals surface area contributed by atoms with Gasteiger partial charge in [-0.05, 0) is 53.6 Å². The van der Waals surface area contributed by atoms with Gasteiger partial charge in [0.2, 0.25) is 0 Å². The Labute approximate surface area is 303 Å². The van der Waals surface area contributed by atoms with Crippen molar-refractivity contribution in [3.8, 4) is 51.0 Å². The lowest BCUT2D eigenvalue weighted by atomic mass is 9.99. The molecule has 0 spiro atoms. The van der Waals surface area contributed by atoms with E-state index in [1.165, 1.54) is 20.2 Å². The average molecular weight is 682 g/mol. The highest BCUT2D eigenvalue weighted by Crippen LogP contribution is 2.41. The molecule has 10 aromatic rings. The molecule has 0 aliphatic heterocycles. The Bertz CT molecular complexity index is 2970. The lowest BCUT2D eigenvalue weighted by Gasteiger charge is -2.16. The molecule has 3 heterocycles. The monoisotopic (exact) mass is 681 g/mol. The molecule has 0 bridgehead atoms. The minimum absolute atomic E-state index is 0.568. The Kier molecular flexibility index (Phi) is 6.98. The zero-order valence-electron chi connectivity index (χ0n) is 27.7. The normalized spacial score (nSPS) is 11.4. The van der Waals surface area contributed by atoms with E-state index in [1.807, 2.05) is 84.1 Å². The third kappa shape index (κ3) is 4.95. The van der Waals surface area contributed by atoms with E-state index in [-0.39, 0.29) is 0 Å². The van der Waals surface area contributed by atoms with Crippen molar-refractivity contribution in [2.24, 2.45) is 0 Å². The number of fused-ring (bicyclic) bond motifs is 6. The van der Waals surface area contributed by atoms with Crippen molar-refractivity contribution < 1.29 is 0 Å². The highest BCUT2D eigenvalue weighted by Gasteiger charge is 2.21. The molecule has 0 saturated heterocycles.